The minimum absolute atomic E-state index is 0.00215. The van der Waals surface area contributed by atoms with E-state index in [2.05, 4.69) is 15.0 Å². The molecule has 2 aromatic rings. The Balaban J connectivity index is 1.67. The molecule has 8 heteroatoms. The molecule has 0 unspecified atom stereocenters. The van der Waals surface area contributed by atoms with Crippen LogP contribution in [0.2, 0.25) is 0 Å². The first-order valence-corrected chi connectivity index (χ1v) is 10.3. The second kappa shape index (κ2) is 7.88. The molecule has 3 heterocycles. The van der Waals surface area contributed by atoms with Crippen LogP contribution in [0.1, 0.15) is 39.2 Å². The molecule has 27 heavy (non-hydrogen) atoms. The fraction of sp³-hybridized carbons (Fsp3) is 0.579. The van der Waals surface area contributed by atoms with Crippen LogP contribution in [-0.2, 0) is 4.74 Å². The van der Waals surface area contributed by atoms with Crippen LogP contribution >= 0.6 is 11.8 Å². The van der Waals surface area contributed by atoms with E-state index in [0.717, 1.165) is 34.5 Å². The van der Waals surface area contributed by atoms with Crippen LogP contribution in [0.4, 0.5) is 4.79 Å². The Bertz CT molecular complexity index is 830. The van der Waals surface area contributed by atoms with Gasteiger partial charge in [0.15, 0.2) is 5.16 Å². The first-order valence-electron chi connectivity index (χ1n) is 9.08. The number of nitrogens with zero attached hydrogens (tertiary/aromatic N) is 4. The van der Waals surface area contributed by atoms with Crippen molar-refractivity contribution in [2.24, 2.45) is 0 Å². The van der Waals surface area contributed by atoms with Gasteiger partial charge in [-0.25, -0.2) is 19.7 Å². The Morgan fingerprint density at radius 1 is 1.22 bits per heavy atom. The van der Waals surface area contributed by atoms with Crippen molar-refractivity contribution in [3.8, 4) is 5.88 Å². The van der Waals surface area contributed by atoms with Crippen molar-refractivity contribution in [3.05, 3.63) is 18.0 Å². The highest BCUT2D eigenvalue weighted by atomic mass is 32.2. The number of likely N-dealkylation sites (tertiary alicyclic amines) is 1. The SMILES string of the molecule is CSc1ncc2c(OC3CCN(C(=O)OC(C)(C)C)CC3)ncc(C)c2n1. The molecule has 0 spiro atoms. The third-order valence-electron chi connectivity index (χ3n) is 4.30. The third-order valence-corrected chi connectivity index (χ3v) is 4.86. The number of pyridine rings is 1. The van der Waals surface area contributed by atoms with Gasteiger partial charge in [-0.3, -0.25) is 0 Å². The zero-order valence-electron chi connectivity index (χ0n) is 16.5. The van der Waals surface area contributed by atoms with Crippen LogP contribution in [-0.4, -0.2) is 57.0 Å². The molecule has 1 amide bonds. The van der Waals surface area contributed by atoms with E-state index in [0.29, 0.717) is 19.0 Å². The monoisotopic (exact) mass is 390 g/mol. The summed E-state index contributed by atoms with van der Waals surface area (Å²) in [7, 11) is 0. The largest absolute Gasteiger partial charge is 0.474 e. The molecule has 7 nitrogen and oxygen atoms in total. The van der Waals surface area contributed by atoms with E-state index in [-0.39, 0.29) is 12.2 Å². The number of piperidine rings is 1. The van der Waals surface area contributed by atoms with E-state index in [1.54, 1.807) is 17.3 Å². The number of amides is 1. The van der Waals surface area contributed by atoms with Gasteiger partial charge < -0.3 is 14.4 Å². The van der Waals surface area contributed by atoms with Gasteiger partial charge in [0.1, 0.15) is 11.7 Å². The summed E-state index contributed by atoms with van der Waals surface area (Å²) in [5.41, 5.74) is 1.38. The molecule has 146 valence electrons. The summed E-state index contributed by atoms with van der Waals surface area (Å²) in [6, 6.07) is 0. The number of aryl methyl sites for hydroxylation is 1. The number of hydrogen-bond donors (Lipinski definition) is 0. The fourth-order valence-corrected chi connectivity index (χ4v) is 3.28. The molecule has 0 bridgehead atoms. The number of fused-ring (bicyclic) bond motifs is 1. The highest BCUT2D eigenvalue weighted by molar-refractivity contribution is 7.98. The summed E-state index contributed by atoms with van der Waals surface area (Å²) >= 11 is 1.51. The molecule has 1 aliphatic rings. The first kappa shape index (κ1) is 19.7. The van der Waals surface area contributed by atoms with Gasteiger partial charge in [-0.15, -0.1) is 0 Å². The molecule has 0 saturated carbocycles. The van der Waals surface area contributed by atoms with E-state index in [9.17, 15) is 4.79 Å². The van der Waals surface area contributed by atoms with Crippen LogP contribution < -0.4 is 4.74 Å². The summed E-state index contributed by atoms with van der Waals surface area (Å²) in [4.78, 5) is 27.3. The average Bonchev–Trinajstić information content (AvgIpc) is 2.63. The lowest BCUT2D eigenvalue weighted by atomic mass is 10.1. The molecular weight excluding hydrogens is 364 g/mol. The quantitative estimate of drug-likeness (QED) is 0.582. The van der Waals surface area contributed by atoms with E-state index < -0.39 is 5.60 Å². The maximum atomic E-state index is 12.2. The minimum Gasteiger partial charge on any atom is -0.474 e. The summed E-state index contributed by atoms with van der Waals surface area (Å²) in [5, 5.41) is 1.55. The summed E-state index contributed by atoms with van der Waals surface area (Å²) < 4.78 is 11.6. The molecular formula is C19H26N4O3S. The fourth-order valence-electron chi connectivity index (χ4n) is 2.94. The maximum Gasteiger partial charge on any atom is 0.410 e. The Labute approximate surface area is 163 Å². The number of rotatable bonds is 3. The molecule has 0 radical (unpaired) electrons. The van der Waals surface area contributed by atoms with E-state index in [1.807, 2.05) is 34.0 Å². The molecule has 0 aromatic carbocycles. The molecule has 3 rings (SSSR count). The van der Waals surface area contributed by atoms with E-state index in [4.69, 9.17) is 9.47 Å². The molecule has 1 saturated heterocycles. The van der Waals surface area contributed by atoms with Crippen LogP contribution in [0.25, 0.3) is 10.9 Å². The lowest BCUT2D eigenvalue weighted by Crippen LogP contribution is -2.44. The first-order chi connectivity index (χ1) is 12.8. The topological polar surface area (TPSA) is 77.4 Å². The zero-order valence-corrected chi connectivity index (χ0v) is 17.3. The Morgan fingerprint density at radius 3 is 2.56 bits per heavy atom. The lowest BCUT2D eigenvalue weighted by molar-refractivity contribution is 0.0124. The predicted molar refractivity (Wildman–Crippen MR) is 105 cm³/mol. The van der Waals surface area contributed by atoms with E-state index in [1.165, 1.54) is 11.8 Å². The van der Waals surface area contributed by atoms with Gasteiger partial charge in [-0.2, -0.15) is 0 Å². The molecule has 1 fully saturated rings. The normalized spacial score (nSPS) is 15.8. The molecule has 0 aliphatic carbocycles. The summed E-state index contributed by atoms with van der Waals surface area (Å²) in [6.45, 7) is 8.82. The number of hydrogen-bond acceptors (Lipinski definition) is 7. The van der Waals surface area contributed by atoms with Crippen LogP contribution in [0.3, 0.4) is 0 Å². The van der Waals surface area contributed by atoms with Gasteiger partial charge in [-0.1, -0.05) is 11.8 Å². The van der Waals surface area contributed by atoms with Crippen molar-refractivity contribution in [3.63, 3.8) is 0 Å². The second-order valence-corrected chi connectivity index (χ2v) is 8.42. The van der Waals surface area contributed by atoms with Crippen molar-refractivity contribution in [2.75, 3.05) is 19.3 Å². The number of carbonyl (C=O) groups excluding carboxylic acids is 1. The van der Waals surface area contributed by atoms with Crippen molar-refractivity contribution >= 4 is 28.8 Å². The predicted octanol–water partition coefficient (Wildman–Crippen LogP) is 3.83. The number of thioether (sulfide) groups is 1. The van der Waals surface area contributed by atoms with Crippen LogP contribution in [0, 0.1) is 6.92 Å². The highest BCUT2D eigenvalue weighted by Gasteiger charge is 2.28. The van der Waals surface area contributed by atoms with Gasteiger partial charge in [0.05, 0.1) is 10.9 Å². The van der Waals surface area contributed by atoms with Crippen molar-refractivity contribution in [1.82, 2.24) is 19.9 Å². The highest BCUT2D eigenvalue weighted by Crippen LogP contribution is 2.28. The Hall–Kier alpha value is -2.09. The van der Waals surface area contributed by atoms with Crippen LogP contribution in [0.15, 0.2) is 17.6 Å². The van der Waals surface area contributed by atoms with Gasteiger partial charge in [0.25, 0.3) is 0 Å². The van der Waals surface area contributed by atoms with Crippen molar-refractivity contribution in [1.29, 1.82) is 0 Å². The Morgan fingerprint density at radius 2 is 1.93 bits per heavy atom. The van der Waals surface area contributed by atoms with Gasteiger partial charge in [0, 0.05) is 38.3 Å². The third kappa shape index (κ3) is 4.80. The number of aromatic nitrogens is 3. The number of carbonyl (C=O) groups is 1. The summed E-state index contributed by atoms with van der Waals surface area (Å²) in [5.74, 6) is 0.555. The Kier molecular flexibility index (Phi) is 5.74. The van der Waals surface area contributed by atoms with Crippen molar-refractivity contribution in [2.45, 2.75) is 57.4 Å². The standard InChI is InChI=1S/C19H26N4O3S/c1-12-10-20-16(14-11-21-17(27-5)22-15(12)14)25-13-6-8-23(9-7-13)18(24)26-19(2,3)4/h10-11,13H,6-9H2,1-5H3. The van der Waals surface area contributed by atoms with Gasteiger partial charge in [-0.05, 0) is 39.5 Å². The second-order valence-electron chi connectivity index (χ2n) is 7.65. The minimum atomic E-state index is -0.481. The summed E-state index contributed by atoms with van der Waals surface area (Å²) in [6.07, 6.45) is 6.72. The number of ether oxygens (including phenoxy) is 2. The van der Waals surface area contributed by atoms with E-state index >= 15 is 0 Å². The zero-order chi connectivity index (χ0) is 19.6. The molecule has 0 atom stereocenters. The van der Waals surface area contributed by atoms with Gasteiger partial charge >= 0.3 is 6.09 Å². The average molecular weight is 391 g/mol. The molecule has 2 aromatic heterocycles. The van der Waals surface area contributed by atoms with Gasteiger partial charge in [0.2, 0.25) is 5.88 Å². The molecule has 0 N–H and O–H groups in total. The van der Waals surface area contributed by atoms with Crippen molar-refractivity contribution < 1.29 is 14.3 Å². The van der Waals surface area contributed by atoms with Crippen LogP contribution in [0.5, 0.6) is 5.88 Å². The molecule has 1 aliphatic heterocycles. The lowest BCUT2D eigenvalue weighted by Gasteiger charge is -2.33. The maximum absolute atomic E-state index is 12.2. The smallest absolute Gasteiger partial charge is 0.410 e.